The number of aromatic nitrogens is 3. The van der Waals surface area contributed by atoms with Gasteiger partial charge in [-0.05, 0) is 71.1 Å². The van der Waals surface area contributed by atoms with E-state index >= 15 is 0 Å². The first-order chi connectivity index (χ1) is 16.5. The van der Waals surface area contributed by atoms with Gasteiger partial charge in [0.2, 0.25) is 0 Å². The average Bonchev–Trinajstić information content (AvgIpc) is 3.21. The van der Waals surface area contributed by atoms with E-state index in [9.17, 15) is 5.11 Å². The lowest BCUT2D eigenvalue weighted by molar-refractivity contribution is 0.173. The molecule has 1 saturated heterocycles. The summed E-state index contributed by atoms with van der Waals surface area (Å²) in [4.78, 5) is 7.19. The van der Waals surface area contributed by atoms with Gasteiger partial charge in [0.25, 0.3) is 0 Å². The van der Waals surface area contributed by atoms with E-state index in [4.69, 9.17) is 28.2 Å². The van der Waals surface area contributed by atoms with Crippen LogP contribution in [0.25, 0.3) is 16.9 Å². The number of benzene rings is 2. The number of likely N-dealkylation sites (tertiary alicyclic amines) is 1. The van der Waals surface area contributed by atoms with Crippen LogP contribution in [-0.4, -0.2) is 44.2 Å². The fourth-order valence-corrected chi connectivity index (χ4v) is 5.17. The minimum atomic E-state index is 0.200. The van der Waals surface area contributed by atoms with Crippen LogP contribution in [0.15, 0.2) is 59.2 Å². The van der Waals surface area contributed by atoms with Crippen LogP contribution < -0.4 is 5.32 Å². The summed E-state index contributed by atoms with van der Waals surface area (Å²) >= 11 is 15.8. The summed E-state index contributed by atoms with van der Waals surface area (Å²) < 4.78 is 2.60. The summed E-state index contributed by atoms with van der Waals surface area (Å²) in [7, 11) is 0. The molecule has 176 valence electrons. The number of phenolic OH excluding ortho intramolecular Hbond substituents is 1. The molecule has 1 unspecified atom stereocenters. The zero-order valence-electron chi connectivity index (χ0n) is 18.4. The molecule has 1 fully saturated rings. The molecule has 0 saturated carbocycles. The van der Waals surface area contributed by atoms with E-state index in [1.807, 2.05) is 36.4 Å². The van der Waals surface area contributed by atoms with Crippen LogP contribution >= 0.6 is 39.1 Å². The van der Waals surface area contributed by atoms with Gasteiger partial charge in [0, 0.05) is 31.3 Å². The molecule has 0 bridgehead atoms. The van der Waals surface area contributed by atoms with E-state index in [0.717, 1.165) is 49.3 Å². The van der Waals surface area contributed by atoms with Gasteiger partial charge in [0.1, 0.15) is 11.6 Å². The number of nitrogens with one attached hydrogen (secondary N) is 1. The van der Waals surface area contributed by atoms with Gasteiger partial charge in [-0.15, -0.1) is 0 Å². The summed E-state index contributed by atoms with van der Waals surface area (Å²) in [6, 6.07) is 15.0. The van der Waals surface area contributed by atoms with Crippen molar-refractivity contribution in [1.29, 1.82) is 0 Å². The van der Waals surface area contributed by atoms with Gasteiger partial charge in [-0.1, -0.05) is 41.4 Å². The Morgan fingerprint density at radius 1 is 1.12 bits per heavy atom. The Kier molecular flexibility index (Phi) is 6.97. The zero-order valence-corrected chi connectivity index (χ0v) is 21.5. The number of anilines is 1. The molecule has 34 heavy (non-hydrogen) atoms. The lowest BCUT2D eigenvalue weighted by atomic mass is 9.97. The van der Waals surface area contributed by atoms with Crippen LogP contribution in [0.2, 0.25) is 10.0 Å². The second-order valence-corrected chi connectivity index (χ2v) is 10.3. The van der Waals surface area contributed by atoms with E-state index in [1.165, 1.54) is 5.56 Å². The van der Waals surface area contributed by atoms with Gasteiger partial charge in [-0.25, -0.2) is 4.98 Å². The maximum atomic E-state index is 10.3. The number of para-hydroxylation sites is 1. The molecule has 3 heterocycles. The molecule has 1 aliphatic rings. The number of nitrogens with zero attached hydrogens (tertiary/aromatic N) is 4. The fourth-order valence-electron chi connectivity index (χ4n) is 4.50. The maximum Gasteiger partial charge on any atom is 0.172 e. The third-order valence-corrected chi connectivity index (χ3v) is 7.47. The van der Waals surface area contributed by atoms with Crippen molar-refractivity contribution in [3.05, 3.63) is 74.8 Å². The smallest absolute Gasteiger partial charge is 0.172 e. The molecule has 2 aromatic carbocycles. The maximum absolute atomic E-state index is 10.3. The molecular weight excluding hydrogens is 537 g/mol. The molecule has 6 nitrogen and oxygen atoms in total. The number of rotatable bonds is 6. The van der Waals surface area contributed by atoms with Gasteiger partial charge < -0.3 is 10.4 Å². The minimum Gasteiger partial charge on any atom is -0.507 e. The molecular formula is C25H24BrCl2N5O. The molecule has 1 aliphatic heterocycles. The third kappa shape index (κ3) is 5.03. The molecule has 5 rings (SSSR count). The fraction of sp³-hybridized carbons (Fsp3) is 0.280. The van der Waals surface area contributed by atoms with E-state index < -0.39 is 0 Å². The van der Waals surface area contributed by atoms with Crippen LogP contribution in [0.4, 0.5) is 5.82 Å². The van der Waals surface area contributed by atoms with Gasteiger partial charge in [-0.3, -0.25) is 4.90 Å². The van der Waals surface area contributed by atoms with Crippen molar-refractivity contribution < 1.29 is 5.11 Å². The quantitative estimate of drug-likeness (QED) is 0.282. The van der Waals surface area contributed by atoms with Crippen LogP contribution in [0.3, 0.4) is 0 Å². The zero-order chi connectivity index (χ0) is 23.7. The Morgan fingerprint density at radius 3 is 2.79 bits per heavy atom. The second kappa shape index (κ2) is 10.1. The van der Waals surface area contributed by atoms with Gasteiger partial charge >= 0.3 is 0 Å². The highest BCUT2D eigenvalue weighted by molar-refractivity contribution is 9.10. The molecule has 9 heteroatoms. The molecule has 1 atom stereocenters. The Bertz CT molecular complexity index is 1330. The third-order valence-electron chi connectivity index (χ3n) is 6.17. The predicted molar refractivity (Wildman–Crippen MR) is 141 cm³/mol. The standard InChI is InChI=1S/C25H24BrCl2N5O/c26-19-13-30-33-24(11-22(31-25(19)33)18-5-1-2-6-23(18)34)29-12-17-4-3-9-32(15-17)14-16-7-8-20(27)21(28)10-16/h1-2,5-8,10-11,13,17,29,34H,3-4,9,12,14-15H2. The number of aromatic hydroxyl groups is 1. The first kappa shape index (κ1) is 23.4. The predicted octanol–water partition coefficient (Wildman–Crippen LogP) is 6.50. The minimum absolute atomic E-state index is 0.200. The lowest BCUT2D eigenvalue weighted by Gasteiger charge is -2.33. The van der Waals surface area contributed by atoms with E-state index in [0.29, 0.717) is 32.9 Å². The van der Waals surface area contributed by atoms with Gasteiger partial charge in [0.15, 0.2) is 5.65 Å². The van der Waals surface area contributed by atoms with Crippen LogP contribution in [0.5, 0.6) is 5.75 Å². The Hall–Kier alpha value is -2.32. The first-order valence-corrected chi connectivity index (χ1v) is 12.8. The average molecular weight is 561 g/mol. The van der Waals surface area contributed by atoms with Gasteiger partial charge in [-0.2, -0.15) is 9.61 Å². The van der Waals surface area contributed by atoms with Crippen LogP contribution in [0.1, 0.15) is 18.4 Å². The van der Waals surface area contributed by atoms with Crippen molar-refractivity contribution in [1.82, 2.24) is 19.5 Å². The summed E-state index contributed by atoms with van der Waals surface area (Å²) in [6.07, 6.45) is 4.05. The van der Waals surface area contributed by atoms with Crippen LogP contribution in [0, 0.1) is 5.92 Å². The second-order valence-electron chi connectivity index (χ2n) is 8.64. The highest BCUT2D eigenvalue weighted by atomic mass is 79.9. The van der Waals surface area contributed by atoms with E-state index in [2.05, 4.69) is 31.2 Å². The number of hydrogen-bond donors (Lipinski definition) is 2. The summed E-state index contributed by atoms with van der Waals surface area (Å²) in [5.41, 5.74) is 3.26. The number of hydrogen-bond acceptors (Lipinski definition) is 5. The van der Waals surface area contributed by atoms with Gasteiger partial charge in [0.05, 0.1) is 26.4 Å². The van der Waals surface area contributed by atoms with Crippen molar-refractivity contribution >= 4 is 50.6 Å². The summed E-state index contributed by atoms with van der Waals surface area (Å²) in [6.45, 7) is 3.74. The largest absolute Gasteiger partial charge is 0.507 e. The number of piperidine rings is 1. The van der Waals surface area contributed by atoms with Crippen molar-refractivity contribution in [3.63, 3.8) is 0 Å². The first-order valence-electron chi connectivity index (χ1n) is 11.2. The number of halogens is 3. The Balaban J connectivity index is 1.32. The topological polar surface area (TPSA) is 65.7 Å². The summed E-state index contributed by atoms with van der Waals surface area (Å²) in [5.74, 6) is 1.54. The van der Waals surface area contributed by atoms with E-state index in [1.54, 1.807) is 22.8 Å². The highest BCUT2D eigenvalue weighted by Gasteiger charge is 2.21. The number of fused-ring (bicyclic) bond motifs is 1. The van der Waals surface area contributed by atoms with E-state index in [-0.39, 0.29) is 5.75 Å². The molecule has 0 amide bonds. The van der Waals surface area contributed by atoms with Crippen molar-refractivity contribution in [3.8, 4) is 17.0 Å². The Labute approximate surface area is 216 Å². The molecule has 2 aromatic heterocycles. The number of phenols is 1. The van der Waals surface area contributed by atoms with Crippen LogP contribution in [-0.2, 0) is 6.54 Å². The SMILES string of the molecule is Oc1ccccc1-c1cc(NCC2CCCN(Cc3ccc(Cl)c(Cl)c3)C2)n2ncc(Br)c2n1. The Morgan fingerprint density at radius 2 is 1.97 bits per heavy atom. The normalized spacial score (nSPS) is 16.7. The lowest BCUT2D eigenvalue weighted by Crippen LogP contribution is -2.37. The monoisotopic (exact) mass is 559 g/mol. The highest BCUT2D eigenvalue weighted by Crippen LogP contribution is 2.31. The molecule has 0 spiro atoms. The van der Waals surface area contributed by atoms with Crippen molar-refractivity contribution in [2.75, 3.05) is 25.0 Å². The molecule has 4 aromatic rings. The van der Waals surface area contributed by atoms with Crippen molar-refractivity contribution in [2.24, 2.45) is 5.92 Å². The molecule has 0 aliphatic carbocycles. The summed E-state index contributed by atoms with van der Waals surface area (Å²) in [5, 5.41) is 19.6. The molecule has 2 N–H and O–H groups in total. The molecule has 0 radical (unpaired) electrons. The van der Waals surface area contributed by atoms with Crippen molar-refractivity contribution in [2.45, 2.75) is 19.4 Å².